The van der Waals surface area contributed by atoms with Crippen molar-refractivity contribution in [3.63, 3.8) is 0 Å². The van der Waals surface area contributed by atoms with Crippen LogP contribution in [0.3, 0.4) is 0 Å². The van der Waals surface area contributed by atoms with Gasteiger partial charge >= 0.3 is 5.97 Å². The average molecular weight is 196 g/mol. The number of ether oxygens (including phenoxy) is 1. The van der Waals surface area contributed by atoms with Gasteiger partial charge in [0.15, 0.2) is 0 Å². The monoisotopic (exact) mass is 196 g/mol. The van der Waals surface area contributed by atoms with Crippen LogP contribution in [0.25, 0.3) is 0 Å². The maximum atomic E-state index is 11.3. The summed E-state index contributed by atoms with van der Waals surface area (Å²) in [6.45, 7) is 6.74. The van der Waals surface area contributed by atoms with E-state index in [0.29, 0.717) is 6.42 Å². The lowest BCUT2D eigenvalue weighted by atomic mass is 9.67. The first kappa shape index (κ1) is 10.0. The third kappa shape index (κ3) is 1.55. The van der Waals surface area contributed by atoms with Gasteiger partial charge in [0.05, 0.1) is 6.42 Å². The SMILES string of the molecule is CC(C)[C@H]1CC[C@]2(C)CC(=O)O[C@@H]2C1. The fraction of sp³-hybridized carbons (Fsp3) is 0.917. The van der Waals surface area contributed by atoms with Crippen molar-refractivity contribution in [3.05, 3.63) is 0 Å². The number of carbonyl (C=O) groups is 1. The lowest BCUT2D eigenvalue weighted by molar-refractivity contribution is -0.143. The van der Waals surface area contributed by atoms with Gasteiger partial charge < -0.3 is 4.74 Å². The summed E-state index contributed by atoms with van der Waals surface area (Å²) in [5.74, 6) is 1.49. The molecular weight excluding hydrogens is 176 g/mol. The Morgan fingerprint density at radius 2 is 2.21 bits per heavy atom. The molecule has 3 atom stereocenters. The normalized spacial score (nSPS) is 42.4. The Morgan fingerprint density at radius 1 is 1.50 bits per heavy atom. The summed E-state index contributed by atoms with van der Waals surface area (Å²) < 4.78 is 5.41. The van der Waals surface area contributed by atoms with Gasteiger partial charge in [-0.05, 0) is 31.1 Å². The van der Waals surface area contributed by atoms with Crippen molar-refractivity contribution in [3.8, 4) is 0 Å². The summed E-state index contributed by atoms with van der Waals surface area (Å²) in [6.07, 6.45) is 4.35. The number of hydrogen-bond acceptors (Lipinski definition) is 2. The van der Waals surface area contributed by atoms with Crippen LogP contribution in [0.2, 0.25) is 0 Å². The van der Waals surface area contributed by atoms with Crippen LogP contribution < -0.4 is 0 Å². The topological polar surface area (TPSA) is 26.3 Å². The van der Waals surface area contributed by atoms with Gasteiger partial charge in [-0.15, -0.1) is 0 Å². The number of carbonyl (C=O) groups excluding carboxylic acids is 1. The Balaban J connectivity index is 2.08. The van der Waals surface area contributed by atoms with Crippen LogP contribution in [0.1, 0.15) is 46.5 Å². The lowest BCUT2D eigenvalue weighted by Gasteiger charge is -2.39. The third-order valence-electron chi connectivity index (χ3n) is 4.15. The second kappa shape index (κ2) is 3.25. The molecule has 14 heavy (non-hydrogen) atoms. The van der Waals surface area contributed by atoms with Crippen molar-refractivity contribution < 1.29 is 9.53 Å². The first-order valence-corrected chi connectivity index (χ1v) is 5.71. The smallest absolute Gasteiger partial charge is 0.306 e. The summed E-state index contributed by atoms with van der Waals surface area (Å²) in [5, 5.41) is 0. The van der Waals surface area contributed by atoms with Crippen molar-refractivity contribution in [2.24, 2.45) is 17.3 Å². The van der Waals surface area contributed by atoms with Gasteiger partial charge in [-0.3, -0.25) is 4.79 Å². The molecule has 1 saturated carbocycles. The molecule has 0 amide bonds. The standard InChI is InChI=1S/C12H20O2/c1-8(2)9-4-5-12(3)7-11(13)14-10(12)6-9/h8-10H,4-7H2,1-3H3/t9-,10+,12+/m0/s1. The molecule has 0 aromatic carbocycles. The highest BCUT2D eigenvalue weighted by Crippen LogP contribution is 2.48. The number of esters is 1. The van der Waals surface area contributed by atoms with E-state index in [1.165, 1.54) is 6.42 Å². The van der Waals surface area contributed by atoms with Crippen molar-refractivity contribution in [1.82, 2.24) is 0 Å². The van der Waals surface area contributed by atoms with Gasteiger partial charge in [-0.25, -0.2) is 0 Å². The van der Waals surface area contributed by atoms with Gasteiger partial charge in [0.25, 0.3) is 0 Å². The van der Waals surface area contributed by atoms with E-state index in [2.05, 4.69) is 20.8 Å². The molecule has 0 spiro atoms. The van der Waals surface area contributed by atoms with E-state index in [-0.39, 0.29) is 17.5 Å². The van der Waals surface area contributed by atoms with Crippen LogP contribution in [-0.2, 0) is 9.53 Å². The van der Waals surface area contributed by atoms with Gasteiger partial charge in [0, 0.05) is 5.41 Å². The minimum absolute atomic E-state index is 0.0157. The molecule has 0 radical (unpaired) electrons. The summed E-state index contributed by atoms with van der Waals surface area (Å²) in [4.78, 5) is 11.3. The average Bonchev–Trinajstić information content (AvgIpc) is 2.37. The number of fused-ring (bicyclic) bond motifs is 1. The zero-order chi connectivity index (χ0) is 10.3. The van der Waals surface area contributed by atoms with Crippen LogP contribution in [0.5, 0.6) is 0 Å². The Kier molecular flexibility index (Phi) is 2.32. The molecule has 0 aromatic heterocycles. The third-order valence-corrected chi connectivity index (χ3v) is 4.15. The highest BCUT2D eigenvalue weighted by atomic mass is 16.6. The predicted octanol–water partition coefficient (Wildman–Crippen LogP) is 2.76. The van der Waals surface area contributed by atoms with E-state index in [1.807, 2.05) is 0 Å². The fourth-order valence-corrected chi connectivity index (χ4v) is 2.88. The van der Waals surface area contributed by atoms with E-state index in [1.54, 1.807) is 0 Å². The molecule has 2 aliphatic rings. The second-order valence-corrected chi connectivity index (χ2v) is 5.59. The molecule has 0 bridgehead atoms. The van der Waals surface area contributed by atoms with E-state index in [4.69, 9.17) is 4.74 Å². The predicted molar refractivity (Wildman–Crippen MR) is 54.8 cm³/mol. The van der Waals surface area contributed by atoms with Gasteiger partial charge in [0.2, 0.25) is 0 Å². The molecule has 1 saturated heterocycles. The molecular formula is C12H20O2. The van der Waals surface area contributed by atoms with Crippen LogP contribution in [0.4, 0.5) is 0 Å². The lowest BCUT2D eigenvalue weighted by Crippen LogP contribution is -2.36. The summed E-state index contributed by atoms with van der Waals surface area (Å²) in [6, 6.07) is 0. The van der Waals surface area contributed by atoms with Crippen LogP contribution in [-0.4, -0.2) is 12.1 Å². The van der Waals surface area contributed by atoms with E-state index in [9.17, 15) is 4.79 Å². The maximum Gasteiger partial charge on any atom is 0.306 e. The number of rotatable bonds is 1. The number of hydrogen-bond donors (Lipinski definition) is 0. The van der Waals surface area contributed by atoms with E-state index < -0.39 is 0 Å². The van der Waals surface area contributed by atoms with Crippen LogP contribution >= 0.6 is 0 Å². The first-order chi connectivity index (χ1) is 6.51. The Morgan fingerprint density at radius 3 is 2.86 bits per heavy atom. The fourth-order valence-electron chi connectivity index (χ4n) is 2.88. The minimum atomic E-state index is 0.0157. The Bertz CT molecular complexity index is 247. The van der Waals surface area contributed by atoms with Crippen molar-refractivity contribution >= 4 is 5.97 Å². The quantitative estimate of drug-likeness (QED) is 0.603. The molecule has 1 aliphatic carbocycles. The molecule has 2 rings (SSSR count). The summed E-state index contributed by atoms with van der Waals surface area (Å²) in [7, 11) is 0. The molecule has 2 fully saturated rings. The molecule has 1 heterocycles. The molecule has 0 aromatic rings. The molecule has 2 heteroatoms. The highest BCUT2D eigenvalue weighted by molar-refractivity contribution is 5.73. The molecule has 2 nitrogen and oxygen atoms in total. The Hall–Kier alpha value is -0.530. The zero-order valence-corrected chi connectivity index (χ0v) is 9.38. The summed E-state index contributed by atoms with van der Waals surface area (Å²) in [5.41, 5.74) is 0.155. The Labute approximate surface area is 86.0 Å². The van der Waals surface area contributed by atoms with Crippen molar-refractivity contribution in [1.29, 1.82) is 0 Å². The van der Waals surface area contributed by atoms with Gasteiger partial charge in [-0.1, -0.05) is 20.8 Å². The van der Waals surface area contributed by atoms with Crippen LogP contribution in [0.15, 0.2) is 0 Å². The van der Waals surface area contributed by atoms with Crippen molar-refractivity contribution in [2.75, 3.05) is 0 Å². The highest BCUT2D eigenvalue weighted by Gasteiger charge is 2.48. The molecule has 80 valence electrons. The second-order valence-electron chi connectivity index (χ2n) is 5.59. The van der Waals surface area contributed by atoms with E-state index >= 15 is 0 Å². The van der Waals surface area contributed by atoms with Crippen molar-refractivity contribution in [2.45, 2.75) is 52.6 Å². The molecule has 0 N–H and O–H groups in total. The van der Waals surface area contributed by atoms with E-state index in [0.717, 1.165) is 24.7 Å². The minimum Gasteiger partial charge on any atom is -0.462 e. The van der Waals surface area contributed by atoms with Gasteiger partial charge in [-0.2, -0.15) is 0 Å². The summed E-state index contributed by atoms with van der Waals surface area (Å²) >= 11 is 0. The van der Waals surface area contributed by atoms with Gasteiger partial charge in [0.1, 0.15) is 6.10 Å². The maximum absolute atomic E-state index is 11.3. The molecule has 1 aliphatic heterocycles. The van der Waals surface area contributed by atoms with Crippen LogP contribution in [0, 0.1) is 17.3 Å². The first-order valence-electron chi connectivity index (χ1n) is 5.71. The zero-order valence-electron chi connectivity index (χ0n) is 9.38. The largest absolute Gasteiger partial charge is 0.462 e. The molecule has 0 unspecified atom stereocenters.